The van der Waals surface area contributed by atoms with Crippen molar-refractivity contribution in [3.63, 3.8) is 0 Å². The number of rotatable bonds is 1. The normalized spacial score (nSPS) is 22.8. The van der Waals surface area contributed by atoms with E-state index in [-0.39, 0.29) is 0 Å². The second kappa shape index (κ2) is 3.38. The van der Waals surface area contributed by atoms with E-state index in [0.717, 1.165) is 24.4 Å². The predicted octanol–water partition coefficient (Wildman–Crippen LogP) is 3.27. The fraction of sp³-hybridized carbons (Fsp3) is 0.636. The minimum Gasteiger partial charge on any atom is -0.377 e. The molecule has 2 rings (SSSR count). The van der Waals surface area contributed by atoms with Crippen molar-refractivity contribution >= 4 is 11.6 Å². The van der Waals surface area contributed by atoms with Crippen molar-refractivity contribution in [1.29, 1.82) is 0 Å². The van der Waals surface area contributed by atoms with Gasteiger partial charge in [0.2, 0.25) is 0 Å². The topological polar surface area (TPSA) is 3.24 Å². The van der Waals surface area contributed by atoms with Crippen LogP contribution in [0.15, 0.2) is 21.9 Å². The van der Waals surface area contributed by atoms with Gasteiger partial charge in [0.15, 0.2) is 0 Å². The van der Waals surface area contributed by atoms with Gasteiger partial charge in [0.05, 0.1) is 0 Å². The Kier molecular flexibility index (Phi) is 2.37. The fourth-order valence-corrected chi connectivity index (χ4v) is 2.72. The molecule has 0 amide bonds. The first kappa shape index (κ1) is 9.14. The molecule has 0 aromatic carbocycles. The number of hydrogen-bond donors (Lipinski definition) is 0. The highest BCUT2D eigenvalue weighted by Crippen LogP contribution is 2.40. The number of nitrogens with zero attached hydrogens (tertiary/aromatic N) is 1. The molecule has 0 fully saturated rings. The van der Waals surface area contributed by atoms with Crippen molar-refractivity contribution in [2.24, 2.45) is 0 Å². The molecule has 0 aromatic rings. The molecule has 13 heavy (non-hydrogen) atoms. The van der Waals surface area contributed by atoms with Crippen molar-refractivity contribution in [3.05, 3.63) is 21.9 Å². The summed E-state index contributed by atoms with van der Waals surface area (Å²) in [6.07, 6.45) is 4.62. The van der Waals surface area contributed by atoms with Gasteiger partial charge in [0.25, 0.3) is 0 Å². The van der Waals surface area contributed by atoms with Gasteiger partial charge in [-0.05, 0) is 31.3 Å². The van der Waals surface area contributed by atoms with Crippen LogP contribution in [0.4, 0.5) is 0 Å². The second-order valence-corrected chi connectivity index (χ2v) is 4.25. The first-order chi connectivity index (χ1) is 6.24. The third kappa shape index (κ3) is 1.39. The summed E-state index contributed by atoms with van der Waals surface area (Å²) in [5, 5.41) is 1.08. The van der Waals surface area contributed by atoms with Gasteiger partial charge in [-0.25, -0.2) is 0 Å². The number of allylic oxidation sites excluding steroid dienone is 3. The van der Waals surface area contributed by atoms with E-state index in [9.17, 15) is 0 Å². The summed E-state index contributed by atoms with van der Waals surface area (Å²) in [7, 11) is 2.17. The predicted molar refractivity (Wildman–Crippen MR) is 56.7 cm³/mol. The van der Waals surface area contributed by atoms with Crippen LogP contribution in [0.2, 0.25) is 0 Å². The van der Waals surface area contributed by atoms with E-state index in [1.165, 1.54) is 29.7 Å². The van der Waals surface area contributed by atoms with Crippen LogP contribution in [0.1, 0.15) is 32.6 Å². The monoisotopic (exact) mass is 197 g/mol. The van der Waals surface area contributed by atoms with Gasteiger partial charge in [-0.1, -0.05) is 24.1 Å². The van der Waals surface area contributed by atoms with Crippen molar-refractivity contribution < 1.29 is 0 Å². The Bertz CT molecular complexity index is 288. The van der Waals surface area contributed by atoms with Crippen molar-refractivity contribution in [2.45, 2.75) is 32.6 Å². The average molecular weight is 198 g/mol. The van der Waals surface area contributed by atoms with Gasteiger partial charge >= 0.3 is 0 Å². The Morgan fingerprint density at radius 2 is 2.08 bits per heavy atom. The SMILES string of the molecule is CCC1=C(Cl)C2=C(CC1)N(C)CC2. The van der Waals surface area contributed by atoms with Gasteiger partial charge < -0.3 is 4.90 Å². The Balaban J connectivity index is 2.36. The molecule has 0 N–H and O–H groups in total. The van der Waals surface area contributed by atoms with Gasteiger partial charge in [0, 0.05) is 24.3 Å². The van der Waals surface area contributed by atoms with Crippen molar-refractivity contribution in [3.8, 4) is 0 Å². The highest BCUT2D eigenvalue weighted by Gasteiger charge is 2.26. The summed E-state index contributed by atoms with van der Waals surface area (Å²) in [5.41, 5.74) is 4.37. The Labute approximate surface area is 85.1 Å². The van der Waals surface area contributed by atoms with Crippen molar-refractivity contribution in [1.82, 2.24) is 4.90 Å². The summed E-state index contributed by atoms with van der Waals surface area (Å²) in [6, 6.07) is 0. The molecule has 1 nitrogen and oxygen atoms in total. The zero-order chi connectivity index (χ0) is 9.42. The number of halogens is 1. The van der Waals surface area contributed by atoms with Crippen LogP contribution < -0.4 is 0 Å². The van der Waals surface area contributed by atoms with Crippen LogP contribution in [0, 0.1) is 0 Å². The average Bonchev–Trinajstić information content (AvgIpc) is 2.50. The van der Waals surface area contributed by atoms with Gasteiger partial charge in [-0.15, -0.1) is 0 Å². The van der Waals surface area contributed by atoms with E-state index in [0.29, 0.717) is 0 Å². The molecular formula is C11H16ClN. The molecule has 0 unspecified atom stereocenters. The lowest BCUT2D eigenvalue weighted by atomic mass is 9.95. The second-order valence-electron chi connectivity index (χ2n) is 3.87. The maximum atomic E-state index is 6.34. The van der Waals surface area contributed by atoms with E-state index in [2.05, 4.69) is 18.9 Å². The molecule has 0 aromatic heterocycles. The Hall–Kier alpha value is -0.430. The third-order valence-electron chi connectivity index (χ3n) is 3.17. The minimum atomic E-state index is 1.08. The molecule has 0 spiro atoms. The largest absolute Gasteiger partial charge is 0.377 e. The molecule has 72 valence electrons. The summed E-state index contributed by atoms with van der Waals surface area (Å²) in [4.78, 5) is 2.35. The highest BCUT2D eigenvalue weighted by atomic mass is 35.5. The molecular weight excluding hydrogens is 182 g/mol. The van der Waals surface area contributed by atoms with E-state index in [4.69, 9.17) is 11.6 Å². The third-order valence-corrected chi connectivity index (χ3v) is 3.67. The Morgan fingerprint density at radius 3 is 2.77 bits per heavy atom. The minimum absolute atomic E-state index is 1.08. The maximum absolute atomic E-state index is 6.34. The standard InChI is InChI=1S/C11H16ClN/c1-3-8-4-5-10-9(11(8)12)6-7-13(10)2/h3-7H2,1-2H3. The van der Waals surface area contributed by atoms with Crippen LogP contribution in [0.3, 0.4) is 0 Å². The lowest BCUT2D eigenvalue weighted by Gasteiger charge is -2.22. The Morgan fingerprint density at radius 1 is 1.31 bits per heavy atom. The van der Waals surface area contributed by atoms with Crippen LogP contribution in [0.25, 0.3) is 0 Å². The summed E-state index contributed by atoms with van der Waals surface area (Å²) in [6.45, 7) is 3.35. The maximum Gasteiger partial charge on any atom is 0.0447 e. The van der Waals surface area contributed by atoms with E-state index in [1.807, 2.05) is 0 Å². The molecule has 1 aliphatic carbocycles. The molecule has 2 aliphatic rings. The molecule has 0 bridgehead atoms. The van der Waals surface area contributed by atoms with E-state index < -0.39 is 0 Å². The quantitative estimate of drug-likeness (QED) is 0.624. The molecule has 0 atom stereocenters. The smallest absolute Gasteiger partial charge is 0.0447 e. The van der Waals surface area contributed by atoms with E-state index in [1.54, 1.807) is 0 Å². The fourth-order valence-electron chi connectivity index (χ4n) is 2.29. The molecule has 0 saturated carbocycles. The van der Waals surface area contributed by atoms with E-state index >= 15 is 0 Å². The first-order valence-corrected chi connectivity index (χ1v) is 5.43. The molecule has 0 radical (unpaired) electrons. The highest BCUT2D eigenvalue weighted by molar-refractivity contribution is 6.32. The summed E-state index contributed by atoms with van der Waals surface area (Å²) >= 11 is 6.34. The lowest BCUT2D eigenvalue weighted by Crippen LogP contribution is -2.14. The summed E-state index contributed by atoms with van der Waals surface area (Å²) < 4.78 is 0. The number of hydrogen-bond acceptors (Lipinski definition) is 1. The summed E-state index contributed by atoms with van der Waals surface area (Å²) in [5.74, 6) is 0. The van der Waals surface area contributed by atoms with Crippen molar-refractivity contribution in [2.75, 3.05) is 13.6 Å². The lowest BCUT2D eigenvalue weighted by molar-refractivity contribution is 0.440. The zero-order valence-corrected chi connectivity index (χ0v) is 9.12. The van der Waals surface area contributed by atoms with Crippen LogP contribution in [-0.2, 0) is 0 Å². The van der Waals surface area contributed by atoms with Gasteiger partial charge in [-0.3, -0.25) is 0 Å². The molecule has 1 aliphatic heterocycles. The van der Waals surface area contributed by atoms with Gasteiger partial charge in [0.1, 0.15) is 0 Å². The zero-order valence-electron chi connectivity index (χ0n) is 8.36. The van der Waals surface area contributed by atoms with Crippen LogP contribution in [-0.4, -0.2) is 18.5 Å². The van der Waals surface area contributed by atoms with Crippen LogP contribution >= 0.6 is 11.6 Å². The van der Waals surface area contributed by atoms with Crippen LogP contribution in [0.5, 0.6) is 0 Å². The first-order valence-electron chi connectivity index (χ1n) is 5.05. The van der Waals surface area contributed by atoms with Gasteiger partial charge in [-0.2, -0.15) is 0 Å². The molecule has 2 heteroatoms. The molecule has 0 saturated heterocycles. The molecule has 1 heterocycles.